The van der Waals surface area contributed by atoms with E-state index >= 15 is 0 Å². The lowest BCUT2D eigenvalue weighted by atomic mass is 10.1. The van der Waals surface area contributed by atoms with Crippen molar-refractivity contribution < 1.29 is 19.2 Å². The lowest BCUT2D eigenvalue weighted by molar-refractivity contribution is -0.0581. The molecular formula is C21H12ClN3O4S. The average Bonchev–Trinajstić information content (AvgIpc) is 3.37. The molecule has 9 heteroatoms. The summed E-state index contributed by atoms with van der Waals surface area (Å²) in [4.78, 5) is 43.7. The van der Waals surface area contributed by atoms with Crippen molar-refractivity contribution in [1.82, 2.24) is 14.8 Å². The van der Waals surface area contributed by atoms with E-state index in [0.29, 0.717) is 10.1 Å². The number of hydroxylamine groups is 2. The first-order valence-corrected chi connectivity index (χ1v) is 10.1. The Morgan fingerprint density at radius 1 is 1.03 bits per heavy atom. The van der Waals surface area contributed by atoms with Gasteiger partial charge in [-0.15, -0.1) is 11.3 Å². The summed E-state index contributed by atoms with van der Waals surface area (Å²) in [5.74, 6) is -2.11. The Balaban J connectivity index is 1.47. The highest BCUT2D eigenvalue weighted by Gasteiger charge is 2.39. The number of carbonyl (C=O) groups is 3. The molecule has 0 spiro atoms. The third kappa shape index (κ3) is 2.80. The number of aryl methyl sites for hydroxylation is 1. The first-order valence-electron chi connectivity index (χ1n) is 8.89. The van der Waals surface area contributed by atoms with Crippen molar-refractivity contribution in [2.75, 3.05) is 0 Å². The van der Waals surface area contributed by atoms with Gasteiger partial charge in [-0.2, -0.15) is 5.10 Å². The molecule has 5 rings (SSSR count). The van der Waals surface area contributed by atoms with Gasteiger partial charge < -0.3 is 4.84 Å². The monoisotopic (exact) mass is 437 g/mol. The van der Waals surface area contributed by atoms with Crippen molar-refractivity contribution in [2.24, 2.45) is 0 Å². The second-order valence-electron chi connectivity index (χ2n) is 6.64. The fraction of sp³-hybridized carbons (Fsp3) is 0.0476. The Labute approximate surface area is 179 Å². The van der Waals surface area contributed by atoms with Crippen LogP contribution < -0.4 is 0 Å². The topological polar surface area (TPSA) is 81.5 Å². The molecule has 7 nitrogen and oxygen atoms in total. The zero-order valence-electron chi connectivity index (χ0n) is 15.5. The number of hydrogen-bond acceptors (Lipinski definition) is 6. The van der Waals surface area contributed by atoms with Crippen LogP contribution in [0.5, 0.6) is 0 Å². The maximum absolute atomic E-state index is 12.7. The van der Waals surface area contributed by atoms with Gasteiger partial charge in [-0.05, 0) is 43.3 Å². The van der Waals surface area contributed by atoms with Gasteiger partial charge in [0.25, 0.3) is 11.8 Å². The van der Waals surface area contributed by atoms with E-state index in [1.54, 1.807) is 35.0 Å². The van der Waals surface area contributed by atoms with Gasteiger partial charge in [0.05, 0.1) is 22.5 Å². The minimum atomic E-state index is -0.789. The SMILES string of the molecule is Cc1nn(-c2cccc(Cl)c2)c2sc(C(=O)ON3C(=O)c4ccccc4C3=O)cc12. The number of aromatic nitrogens is 2. The van der Waals surface area contributed by atoms with Crippen LogP contribution in [0, 0.1) is 6.92 Å². The van der Waals surface area contributed by atoms with E-state index in [9.17, 15) is 14.4 Å². The molecule has 148 valence electrons. The second kappa shape index (κ2) is 6.79. The molecule has 2 aromatic carbocycles. The normalized spacial score (nSPS) is 13.2. The Kier molecular flexibility index (Phi) is 4.19. The molecule has 2 aromatic heterocycles. The van der Waals surface area contributed by atoms with E-state index in [1.165, 1.54) is 12.1 Å². The Morgan fingerprint density at radius 2 is 1.73 bits per heavy atom. The number of imide groups is 1. The van der Waals surface area contributed by atoms with E-state index < -0.39 is 17.8 Å². The molecule has 0 atom stereocenters. The molecule has 0 saturated carbocycles. The van der Waals surface area contributed by atoms with Crippen LogP contribution >= 0.6 is 22.9 Å². The number of hydrogen-bond donors (Lipinski definition) is 0. The van der Waals surface area contributed by atoms with Crippen molar-refractivity contribution in [2.45, 2.75) is 6.92 Å². The van der Waals surface area contributed by atoms with E-state index in [1.807, 2.05) is 19.1 Å². The molecule has 1 aliphatic heterocycles. The molecule has 1 aliphatic rings. The van der Waals surface area contributed by atoms with Crippen molar-refractivity contribution in [3.05, 3.63) is 81.3 Å². The zero-order valence-corrected chi connectivity index (χ0v) is 17.0. The lowest BCUT2D eigenvalue weighted by Crippen LogP contribution is -2.32. The van der Waals surface area contributed by atoms with E-state index in [2.05, 4.69) is 5.10 Å². The van der Waals surface area contributed by atoms with Crippen LogP contribution in [0.15, 0.2) is 54.6 Å². The summed E-state index contributed by atoms with van der Waals surface area (Å²) in [6.07, 6.45) is 0. The second-order valence-corrected chi connectivity index (χ2v) is 8.10. The maximum atomic E-state index is 12.7. The minimum Gasteiger partial charge on any atom is -0.323 e. The van der Waals surface area contributed by atoms with Gasteiger partial charge in [0, 0.05) is 10.4 Å². The predicted octanol–water partition coefficient (Wildman–Crippen LogP) is 4.42. The van der Waals surface area contributed by atoms with Gasteiger partial charge in [0.15, 0.2) is 0 Å². The van der Waals surface area contributed by atoms with Crippen LogP contribution in [0.2, 0.25) is 5.02 Å². The number of benzene rings is 2. The van der Waals surface area contributed by atoms with Crippen LogP contribution in [-0.4, -0.2) is 32.6 Å². The lowest BCUT2D eigenvalue weighted by Gasteiger charge is -2.11. The highest BCUT2D eigenvalue weighted by molar-refractivity contribution is 7.20. The number of amides is 2. The van der Waals surface area contributed by atoms with Gasteiger partial charge in [0.1, 0.15) is 9.71 Å². The largest absolute Gasteiger partial charge is 0.373 e. The fourth-order valence-corrected chi connectivity index (χ4v) is 4.55. The van der Waals surface area contributed by atoms with Crippen LogP contribution in [0.25, 0.3) is 15.9 Å². The highest BCUT2D eigenvalue weighted by atomic mass is 35.5. The van der Waals surface area contributed by atoms with Crippen LogP contribution in [0.3, 0.4) is 0 Å². The van der Waals surface area contributed by atoms with Gasteiger partial charge in [-0.3, -0.25) is 9.59 Å². The summed E-state index contributed by atoms with van der Waals surface area (Å²) in [6, 6.07) is 15.2. The summed E-state index contributed by atoms with van der Waals surface area (Å²) in [5, 5.41) is 6.36. The molecular weight excluding hydrogens is 426 g/mol. The number of thiophene rings is 1. The Hall–Kier alpha value is -3.49. The summed E-state index contributed by atoms with van der Waals surface area (Å²) in [7, 11) is 0. The highest BCUT2D eigenvalue weighted by Crippen LogP contribution is 2.32. The van der Waals surface area contributed by atoms with Crippen LogP contribution in [0.1, 0.15) is 36.1 Å². The summed E-state index contributed by atoms with van der Waals surface area (Å²) in [6.45, 7) is 1.83. The molecule has 0 unspecified atom stereocenters. The van der Waals surface area contributed by atoms with Crippen molar-refractivity contribution in [3.63, 3.8) is 0 Å². The smallest absolute Gasteiger partial charge is 0.323 e. The first-order chi connectivity index (χ1) is 14.4. The molecule has 0 N–H and O–H groups in total. The zero-order chi connectivity index (χ0) is 21.0. The van der Waals surface area contributed by atoms with Crippen LogP contribution in [-0.2, 0) is 4.84 Å². The Bertz CT molecular complexity index is 1340. The number of carbonyl (C=O) groups excluding carboxylic acids is 3. The van der Waals surface area contributed by atoms with E-state index in [0.717, 1.165) is 32.9 Å². The van der Waals surface area contributed by atoms with Gasteiger partial charge in [-0.25, -0.2) is 9.48 Å². The number of rotatable bonds is 3. The average molecular weight is 438 g/mol. The minimum absolute atomic E-state index is 0.207. The molecule has 0 radical (unpaired) electrons. The standard InChI is InChI=1S/C21H12ClN3O4S/c1-11-16-10-17(30-20(16)24(23-11)13-6-4-5-12(22)9-13)21(28)29-25-18(26)14-7-2-3-8-15(14)19(25)27/h2-10H,1H3. The third-order valence-corrected chi connectivity index (χ3v) is 6.06. The quantitative estimate of drug-likeness (QED) is 0.443. The fourth-order valence-electron chi connectivity index (χ4n) is 3.31. The number of nitrogens with zero attached hydrogens (tertiary/aromatic N) is 3. The summed E-state index contributed by atoms with van der Waals surface area (Å²) in [5.41, 5.74) is 1.89. The molecule has 2 amide bonds. The number of halogens is 1. The van der Waals surface area contributed by atoms with Crippen LogP contribution in [0.4, 0.5) is 0 Å². The number of fused-ring (bicyclic) bond motifs is 2. The molecule has 3 heterocycles. The Morgan fingerprint density at radius 3 is 2.40 bits per heavy atom. The summed E-state index contributed by atoms with van der Waals surface area (Å²) >= 11 is 7.24. The van der Waals surface area contributed by atoms with E-state index in [4.69, 9.17) is 16.4 Å². The first kappa shape index (κ1) is 18.5. The molecule has 0 bridgehead atoms. The van der Waals surface area contributed by atoms with Crippen molar-refractivity contribution in [1.29, 1.82) is 0 Å². The van der Waals surface area contributed by atoms with Crippen molar-refractivity contribution >= 4 is 50.9 Å². The molecule has 0 saturated heterocycles. The molecule has 4 aromatic rings. The molecule has 0 fully saturated rings. The van der Waals surface area contributed by atoms with Crippen molar-refractivity contribution in [3.8, 4) is 5.69 Å². The predicted molar refractivity (Wildman–Crippen MR) is 111 cm³/mol. The van der Waals surface area contributed by atoms with Gasteiger partial charge in [0.2, 0.25) is 0 Å². The molecule has 30 heavy (non-hydrogen) atoms. The van der Waals surface area contributed by atoms with Gasteiger partial charge >= 0.3 is 5.97 Å². The molecule has 0 aliphatic carbocycles. The van der Waals surface area contributed by atoms with E-state index in [-0.39, 0.29) is 16.0 Å². The van der Waals surface area contributed by atoms with Gasteiger partial charge in [-0.1, -0.05) is 34.9 Å². The summed E-state index contributed by atoms with van der Waals surface area (Å²) < 4.78 is 1.69. The third-order valence-electron chi connectivity index (χ3n) is 4.73. The maximum Gasteiger partial charge on any atom is 0.373 e.